The van der Waals surface area contributed by atoms with Crippen LogP contribution in [-0.4, -0.2) is 46.1 Å². The number of hydrogen-bond donors (Lipinski definition) is 1. The number of pyridine rings is 1. The zero-order valence-corrected chi connectivity index (χ0v) is 14.8. The summed E-state index contributed by atoms with van der Waals surface area (Å²) in [5.74, 6) is 1.74. The molecule has 1 aliphatic heterocycles. The molecule has 0 unspecified atom stereocenters. The molecule has 1 N–H and O–H groups in total. The van der Waals surface area contributed by atoms with E-state index in [1.54, 1.807) is 13.2 Å². The van der Waals surface area contributed by atoms with E-state index in [2.05, 4.69) is 21.2 Å². The highest BCUT2D eigenvalue weighted by atomic mass is 16.5. The average Bonchev–Trinajstić information content (AvgIpc) is 3.32. The van der Waals surface area contributed by atoms with Crippen molar-refractivity contribution in [1.82, 2.24) is 20.0 Å². The van der Waals surface area contributed by atoms with E-state index in [0.717, 1.165) is 37.0 Å². The first-order valence-corrected chi connectivity index (χ1v) is 8.94. The van der Waals surface area contributed by atoms with Crippen LogP contribution in [0.3, 0.4) is 0 Å². The molecular weight excluding hydrogens is 332 g/mol. The molecule has 4 rings (SSSR count). The Kier molecular flexibility index (Phi) is 4.60. The standard InChI is InChI=1S/C19H22N4O3/c1-25-18-11-14(26-22-18)4-5-19(24)23-9-6-13(7-10-23)16-12-17-15(21-16)3-2-8-20-17/h2-3,8,11-13,21H,4-7,9-10H2,1H3. The second kappa shape index (κ2) is 7.19. The second-order valence-corrected chi connectivity index (χ2v) is 6.65. The van der Waals surface area contributed by atoms with Crippen molar-refractivity contribution < 1.29 is 14.1 Å². The van der Waals surface area contributed by atoms with Crippen molar-refractivity contribution in [2.45, 2.75) is 31.6 Å². The Labute approximate surface area is 151 Å². The zero-order valence-electron chi connectivity index (χ0n) is 14.8. The van der Waals surface area contributed by atoms with E-state index < -0.39 is 0 Å². The van der Waals surface area contributed by atoms with Crippen molar-refractivity contribution in [1.29, 1.82) is 0 Å². The molecule has 26 heavy (non-hydrogen) atoms. The molecule has 4 heterocycles. The molecule has 7 heteroatoms. The summed E-state index contributed by atoms with van der Waals surface area (Å²) in [6.45, 7) is 1.57. The predicted octanol–water partition coefficient (Wildman–Crippen LogP) is 2.90. The molecule has 0 aliphatic carbocycles. The summed E-state index contributed by atoms with van der Waals surface area (Å²) in [5, 5.41) is 3.76. The van der Waals surface area contributed by atoms with Gasteiger partial charge in [0.05, 0.1) is 18.1 Å². The number of piperidine rings is 1. The van der Waals surface area contributed by atoms with Crippen molar-refractivity contribution in [3.63, 3.8) is 0 Å². The summed E-state index contributed by atoms with van der Waals surface area (Å²) in [5.41, 5.74) is 3.30. The third kappa shape index (κ3) is 3.42. The smallest absolute Gasteiger partial charge is 0.254 e. The number of carbonyl (C=O) groups excluding carboxylic acids is 1. The number of rotatable bonds is 5. The Hall–Kier alpha value is -2.83. The molecule has 0 bridgehead atoms. The number of likely N-dealkylation sites (tertiary alicyclic amines) is 1. The number of fused-ring (bicyclic) bond motifs is 1. The van der Waals surface area contributed by atoms with Crippen LogP contribution in [0.2, 0.25) is 0 Å². The highest BCUT2D eigenvalue weighted by molar-refractivity contribution is 5.77. The van der Waals surface area contributed by atoms with Crippen molar-refractivity contribution in [2.75, 3.05) is 20.2 Å². The molecule has 1 fully saturated rings. The normalized spacial score (nSPS) is 15.5. The van der Waals surface area contributed by atoms with Gasteiger partial charge in [-0.05, 0) is 36.2 Å². The number of ether oxygens (including phenoxy) is 1. The predicted molar refractivity (Wildman–Crippen MR) is 96.0 cm³/mol. The zero-order chi connectivity index (χ0) is 17.9. The quantitative estimate of drug-likeness (QED) is 0.761. The van der Waals surface area contributed by atoms with Gasteiger partial charge in [0.25, 0.3) is 5.88 Å². The monoisotopic (exact) mass is 354 g/mol. The fraction of sp³-hybridized carbons (Fsp3) is 0.421. The molecule has 0 radical (unpaired) electrons. The van der Waals surface area contributed by atoms with E-state index in [1.165, 1.54) is 5.69 Å². The van der Waals surface area contributed by atoms with Crippen molar-refractivity contribution in [3.8, 4) is 5.88 Å². The molecule has 3 aromatic heterocycles. The summed E-state index contributed by atoms with van der Waals surface area (Å²) in [6.07, 6.45) is 4.72. The lowest BCUT2D eigenvalue weighted by Crippen LogP contribution is -2.38. The van der Waals surface area contributed by atoms with E-state index in [0.29, 0.717) is 30.4 Å². The first kappa shape index (κ1) is 16.6. The minimum Gasteiger partial charge on any atom is -0.479 e. The fourth-order valence-electron chi connectivity index (χ4n) is 3.53. The van der Waals surface area contributed by atoms with Gasteiger partial charge < -0.3 is 19.1 Å². The summed E-state index contributed by atoms with van der Waals surface area (Å²) in [6, 6.07) is 7.84. The van der Waals surface area contributed by atoms with E-state index in [9.17, 15) is 4.79 Å². The van der Waals surface area contributed by atoms with Crippen LogP contribution in [0.1, 0.15) is 36.6 Å². The van der Waals surface area contributed by atoms with Gasteiger partial charge in [0.15, 0.2) is 0 Å². The number of aryl methyl sites for hydroxylation is 1. The van der Waals surface area contributed by atoms with Gasteiger partial charge in [0.2, 0.25) is 5.91 Å². The number of nitrogens with one attached hydrogen (secondary N) is 1. The van der Waals surface area contributed by atoms with Crippen molar-refractivity contribution in [2.24, 2.45) is 0 Å². The topological polar surface area (TPSA) is 84.2 Å². The van der Waals surface area contributed by atoms with Crippen molar-refractivity contribution >= 4 is 16.9 Å². The van der Waals surface area contributed by atoms with Gasteiger partial charge in [-0.3, -0.25) is 9.78 Å². The first-order chi connectivity index (χ1) is 12.7. The summed E-state index contributed by atoms with van der Waals surface area (Å²) < 4.78 is 10.1. The summed E-state index contributed by atoms with van der Waals surface area (Å²) in [4.78, 5) is 22.2. The maximum Gasteiger partial charge on any atom is 0.254 e. The number of methoxy groups -OCH3 is 1. The van der Waals surface area contributed by atoms with Crippen LogP contribution in [0.15, 0.2) is 35.0 Å². The fourth-order valence-corrected chi connectivity index (χ4v) is 3.53. The SMILES string of the molecule is COc1cc(CCC(=O)N2CCC(c3cc4ncccc4[nH]3)CC2)on1. The molecule has 136 valence electrons. The maximum atomic E-state index is 12.4. The van der Waals surface area contributed by atoms with Crippen LogP contribution in [0.4, 0.5) is 0 Å². The summed E-state index contributed by atoms with van der Waals surface area (Å²) >= 11 is 0. The van der Waals surface area contributed by atoms with Crippen LogP contribution in [-0.2, 0) is 11.2 Å². The average molecular weight is 354 g/mol. The van der Waals surface area contributed by atoms with Gasteiger partial charge in [-0.2, -0.15) is 0 Å². The molecule has 0 saturated carbocycles. The van der Waals surface area contributed by atoms with E-state index in [-0.39, 0.29) is 5.91 Å². The lowest BCUT2D eigenvalue weighted by molar-refractivity contribution is -0.132. The number of nitrogens with zero attached hydrogens (tertiary/aromatic N) is 3. The van der Waals surface area contributed by atoms with E-state index in [1.807, 2.05) is 23.2 Å². The Morgan fingerprint density at radius 3 is 2.96 bits per heavy atom. The van der Waals surface area contributed by atoms with Gasteiger partial charge in [-0.1, -0.05) is 0 Å². The Balaban J connectivity index is 1.30. The third-order valence-corrected chi connectivity index (χ3v) is 5.03. The number of aromatic nitrogens is 3. The molecule has 7 nitrogen and oxygen atoms in total. The second-order valence-electron chi connectivity index (χ2n) is 6.65. The molecule has 3 aromatic rings. The Morgan fingerprint density at radius 2 is 2.23 bits per heavy atom. The van der Waals surface area contributed by atoms with Crippen LogP contribution >= 0.6 is 0 Å². The molecule has 0 aromatic carbocycles. The lowest BCUT2D eigenvalue weighted by Gasteiger charge is -2.31. The minimum atomic E-state index is 0.164. The van der Waals surface area contributed by atoms with Gasteiger partial charge in [0.1, 0.15) is 5.76 Å². The van der Waals surface area contributed by atoms with Crippen molar-refractivity contribution in [3.05, 3.63) is 41.9 Å². The number of hydrogen-bond acceptors (Lipinski definition) is 5. The summed E-state index contributed by atoms with van der Waals surface area (Å²) in [7, 11) is 1.54. The maximum absolute atomic E-state index is 12.4. The molecular formula is C19H22N4O3. The van der Waals surface area contributed by atoms with Gasteiger partial charge >= 0.3 is 0 Å². The number of aromatic amines is 1. The number of H-pyrrole nitrogens is 1. The van der Waals surface area contributed by atoms with Gasteiger partial charge in [0, 0.05) is 49.8 Å². The number of carbonyl (C=O) groups is 1. The number of amides is 1. The van der Waals surface area contributed by atoms with Crippen LogP contribution in [0.25, 0.3) is 11.0 Å². The van der Waals surface area contributed by atoms with E-state index in [4.69, 9.17) is 9.26 Å². The first-order valence-electron chi connectivity index (χ1n) is 8.94. The van der Waals surface area contributed by atoms with Gasteiger partial charge in [-0.15, -0.1) is 0 Å². The Bertz CT molecular complexity index is 860. The minimum absolute atomic E-state index is 0.164. The van der Waals surface area contributed by atoms with Crippen LogP contribution in [0.5, 0.6) is 5.88 Å². The van der Waals surface area contributed by atoms with Crippen LogP contribution < -0.4 is 4.74 Å². The highest BCUT2D eigenvalue weighted by Crippen LogP contribution is 2.29. The van der Waals surface area contributed by atoms with E-state index >= 15 is 0 Å². The highest BCUT2D eigenvalue weighted by Gasteiger charge is 2.25. The third-order valence-electron chi connectivity index (χ3n) is 5.03. The largest absolute Gasteiger partial charge is 0.479 e. The molecule has 1 saturated heterocycles. The lowest BCUT2D eigenvalue weighted by atomic mass is 9.93. The Morgan fingerprint density at radius 1 is 1.38 bits per heavy atom. The van der Waals surface area contributed by atoms with Crippen LogP contribution in [0, 0.1) is 0 Å². The molecule has 0 atom stereocenters. The molecule has 1 amide bonds. The van der Waals surface area contributed by atoms with Gasteiger partial charge in [-0.25, -0.2) is 0 Å². The molecule has 0 spiro atoms. The molecule has 1 aliphatic rings.